The minimum absolute atomic E-state index is 0.364. The fourth-order valence-electron chi connectivity index (χ4n) is 1.76. The lowest BCUT2D eigenvalue weighted by Gasteiger charge is -1.99. The summed E-state index contributed by atoms with van der Waals surface area (Å²) in [7, 11) is 0. The fraction of sp³-hybridized carbons (Fsp3) is 0. The minimum atomic E-state index is 0.364. The van der Waals surface area contributed by atoms with Gasteiger partial charge in [-0.25, -0.2) is 0 Å². The van der Waals surface area contributed by atoms with E-state index >= 15 is 0 Å². The molecule has 0 saturated carbocycles. The van der Waals surface area contributed by atoms with Gasteiger partial charge >= 0.3 is 0 Å². The molecule has 3 rings (SSSR count). The van der Waals surface area contributed by atoms with E-state index in [-0.39, 0.29) is 0 Å². The molecule has 0 radical (unpaired) electrons. The van der Waals surface area contributed by atoms with Crippen LogP contribution in [0.25, 0.3) is 22.6 Å². The number of nitrogens with two attached hydrogens (primary N) is 1. The van der Waals surface area contributed by atoms with Crippen LogP contribution >= 0.6 is 0 Å². The van der Waals surface area contributed by atoms with Crippen LogP contribution < -0.4 is 5.73 Å². The van der Waals surface area contributed by atoms with Crippen molar-refractivity contribution in [1.82, 2.24) is 5.16 Å². The molecule has 0 fully saturated rings. The second kappa shape index (κ2) is 3.83. The second-order valence-electron chi connectivity index (χ2n) is 3.62. The maximum absolute atomic E-state index is 5.83. The number of aromatic nitrogens is 1. The maximum Gasteiger partial charge on any atom is 0.212 e. The van der Waals surface area contributed by atoms with Gasteiger partial charge in [0.25, 0.3) is 0 Å². The molecule has 2 aromatic heterocycles. The average Bonchev–Trinajstić information content (AvgIpc) is 2.98. The van der Waals surface area contributed by atoms with Crippen LogP contribution in [0.5, 0.6) is 0 Å². The lowest BCUT2D eigenvalue weighted by atomic mass is 10.1. The number of hydrogen-bond acceptors (Lipinski definition) is 4. The largest absolute Gasteiger partial charge is 0.461 e. The van der Waals surface area contributed by atoms with Crippen LogP contribution in [-0.4, -0.2) is 5.16 Å². The molecule has 84 valence electrons. The summed E-state index contributed by atoms with van der Waals surface area (Å²) in [4.78, 5) is 0. The van der Waals surface area contributed by atoms with Crippen LogP contribution in [-0.2, 0) is 0 Å². The van der Waals surface area contributed by atoms with Gasteiger partial charge in [0.05, 0.1) is 11.8 Å². The quantitative estimate of drug-likeness (QED) is 0.728. The summed E-state index contributed by atoms with van der Waals surface area (Å²) < 4.78 is 10.5. The topological polar surface area (TPSA) is 65.2 Å². The van der Waals surface area contributed by atoms with E-state index in [1.807, 2.05) is 36.4 Å². The highest BCUT2D eigenvalue weighted by Crippen LogP contribution is 2.36. The molecule has 0 spiro atoms. The summed E-state index contributed by atoms with van der Waals surface area (Å²) in [6.45, 7) is 0. The molecule has 1 aromatic carbocycles. The Kier molecular flexibility index (Phi) is 2.19. The van der Waals surface area contributed by atoms with E-state index in [0.717, 1.165) is 11.1 Å². The number of nitrogen functional groups attached to an aromatic ring is 1. The number of benzene rings is 1. The Bertz CT molecular complexity index is 612. The molecule has 3 aromatic rings. The highest BCUT2D eigenvalue weighted by Gasteiger charge is 2.18. The lowest BCUT2D eigenvalue weighted by Crippen LogP contribution is -1.88. The van der Waals surface area contributed by atoms with Gasteiger partial charge in [0.15, 0.2) is 11.6 Å². The van der Waals surface area contributed by atoms with E-state index in [1.165, 1.54) is 0 Å². The molecular formula is C13H10N2O2. The van der Waals surface area contributed by atoms with Crippen LogP contribution in [0.2, 0.25) is 0 Å². The van der Waals surface area contributed by atoms with Crippen molar-refractivity contribution in [3.8, 4) is 22.6 Å². The SMILES string of the molecule is Nc1noc(-c2ccco2)c1-c1ccccc1. The molecule has 0 saturated heterocycles. The van der Waals surface area contributed by atoms with E-state index < -0.39 is 0 Å². The van der Waals surface area contributed by atoms with Gasteiger partial charge in [0.2, 0.25) is 5.76 Å². The number of anilines is 1. The Morgan fingerprint density at radius 3 is 2.53 bits per heavy atom. The molecule has 0 atom stereocenters. The third-order valence-corrected chi connectivity index (χ3v) is 2.53. The fourth-order valence-corrected chi connectivity index (χ4v) is 1.76. The van der Waals surface area contributed by atoms with Gasteiger partial charge in [0, 0.05) is 0 Å². The van der Waals surface area contributed by atoms with Gasteiger partial charge < -0.3 is 14.7 Å². The Morgan fingerprint density at radius 2 is 1.82 bits per heavy atom. The number of hydrogen-bond donors (Lipinski definition) is 1. The predicted molar refractivity (Wildman–Crippen MR) is 64.1 cm³/mol. The normalized spacial score (nSPS) is 10.6. The van der Waals surface area contributed by atoms with Gasteiger partial charge in [-0.15, -0.1) is 0 Å². The van der Waals surface area contributed by atoms with Crippen molar-refractivity contribution in [2.45, 2.75) is 0 Å². The lowest BCUT2D eigenvalue weighted by molar-refractivity contribution is 0.421. The van der Waals surface area contributed by atoms with Crippen LogP contribution in [0.1, 0.15) is 0 Å². The molecule has 0 aliphatic carbocycles. The predicted octanol–water partition coefficient (Wildman–Crippen LogP) is 3.18. The smallest absolute Gasteiger partial charge is 0.212 e. The van der Waals surface area contributed by atoms with E-state index in [4.69, 9.17) is 14.7 Å². The van der Waals surface area contributed by atoms with Gasteiger partial charge in [-0.2, -0.15) is 0 Å². The third-order valence-electron chi connectivity index (χ3n) is 2.53. The molecule has 0 unspecified atom stereocenters. The Balaban J connectivity index is 2.20. The zero-order chi connectivity index (χ0) is 11.7. The van der Waals surface area contributed by atoms with E-state index in [1.54, 1.807) is 12.3 Å². The zero-order valence-electron chi connectivity index (χ0n) is 8.96. The molecule has 0 bridgehead atoms. The summed E-state index contributed by atoms with van der Waals surface area (Å²) in [6.07, 6.45) is 1.59. The molecule has 4 heteroatoms. The summed E-state index contributed by atoms with van der Waals surface area (Å²) in [6, 6.07) is 13.3. The maximum atomic E-state index is 5.83. The van der Waals surface area contributed by atoms with E-state index in [0.29, 0.717) is 17.3 Å². The highest BCUT2D eigenvalue weighted by molar-refractivity contribution is 5.84. The first-order chi connectivity index (χ1) is 8.36. The van der Waals surface area contributed by atoms with Crippen molar-refractivity contribution < 1.29 is 8.94 Å². The van der Waals surface area contributed by atoms with Crippen molar-refractivity contribution in [2.24, 2.45) is 0 Å². The van der Waals surface area contributed by atoms with Crippen molar-refractivity contribution in [1.29, 1.82) is 0 Å². The molecule has 2 N–H and O–H groups in total. The Morgan fingerprint density at radius 1 is 1.00 bits per heavy atom. The average molecular weight is 226 g/mol. The first-order valence-electron chi connectivity index (χ1n) is 5.20. The summed E-state index contributed by atoms with van der Waals surface area (Å²) in [5.74, 6) is 1.54. The van der Waals surface area contributed by atoms with E-state index in [2.05, 4.69) is 5.16 Å². The first-order valence-corrected chi connectivity index (χ1v) is 5.20. The van der Waals surface area contributed by atoms with Gasteiger partial charge in [0.1, 0.15) is 0 Å². The summed E-state index contributed by atoms with van der Waals surface area (Å²) in [5.41, 5.74) is 7.55. The van der Waals surface area contributed by atoms with Gasteiger partial charge in [-0.05, 0) is 17.7 Å². The highest BCUT2D eigenvalue weighted by atomic mass is 16.5. The number of furan rings is 1. The van der Waals surface area contributed by atoms with E-state index in [9.17, 15) is 0 Å². The Hall–Kier alpha value is -2.49. The molecule has 0 amide bonds. The van der Waals surface area contributed by atoms with Crippen molar-refractivity contribution in [3.05, 3.63) is 48.7 Å². The van der Waals surface area contributed by atoms with Gasteiger partial charge in [-0.3, -0.25) is 0 Å². The van der Waals surface area contributed by atoms with Crippen LogP contribution in [0, 0.1) is 0 Å². The zero-order valence-corrected chi connectivity index (χ0v) is 8.96. The standard InChI is InChI=1S/C13H10N2O2/c14-13-11(9-5-2-1-3-6-9)12(17-15-13)10-7-4-8-16-10/h1-8H,(H2,14,15). The van der Waals surface area contributed by atoms with Crippen LogP contribution in [0.15, 0.2) is 57.7 Å². The molecule has 0 aliphatic heterocycles. The second-order valence-corrected chi connectivity index (χ2v) is 3.62. The van der Waals surface area contributed by atoms with Crippen LogP contribution in [0.3, 0.4) is 0 Å². The van der Waals surface area contributed by atoms with Crippen molar-refractivity contribution in [3.63, 3.8) is 0 Å². The summed E-state index contributed by atoms with van der Waals surface area (Å²) >= 11 is 0. The summed E-state index contributed by atoms with van der Waals surface area (Å²) in [5, 5.41) is 3.79. The molecular weight excluding hydrogens is 216 g/mol. The number of rotatable bonds is 2. The molecule has 2 heterocycles. The van der Waals surface area contributed by atoms with Gasteiger partial charge in [-0.1, -0.05) is 35.5 Å². The van der Waals surface area contributed by atoms with Crippen molar-refractivity contribution in [2.75, 3.05) is 5.73 Å². The monoisotopic (exact) mass is 226 g/mol. The molecule has 17 heavy (non-hydrogen) atoms. The third kappa shape index (κ3) is 1.59. The van der Waals surface area contributed by atoms with Crippen molar-refractivity contribution >= 4 is 5.82 Å². The minimum Gasteiger partial charge on any atom is -0.461 e. The van der Waals surface area contributed by atoms with Crippen LogP contribution in [0.4, 0.5) is 5.82 Å². The molecule has 0 aliphatic rings. The molecule has 4 nitrogen and oxygen atoms in total. The number of nitrogens with zero attached hydrogens (tertiary/aromatic N) is 1. The first kappa shape index (κ1) is 9.72. The Labute approximate surface area is 97.6 Å².